The summed E-state index contributed by atoms with van der Waals surface area (Å²) in [5, 5.41) is 5.98. The Kier molecular flexibility index (Phi) is 7.70. The summed E-state index contributed by atoms with van der Waals surface area (Å²) in [6.45, 7) is 5.42. The van der Waals surface area contributed by atoms with Crippen LogP contribution in [0.25, 0.3) is 0 Å². The molecular weight excluding hydrogens is 284 g/mol. The van der Waals surface area contributed by atoms with Crippen LogP contribution in [0.3, 0.4) is 0 Å². The quantitative estimate of drug-likeness (QED) is 0.675. The van der Waals surface area contributed by atoms with Crippen molar-refractivity contribution in [2.75, 3.05) is 41.0 Å². The number of carbonyl (C=O) groups is 1. The van der Waals surface area contributed by atoms with E-state index in [0.29, 0.717) is 24.7 Å². The van der Waals surface area contributed by atoms with E-state index in [1.807, 2.05) is 26.0 Å². The zero-order chi connectivity index (χ0) is 16.5. The SMILES string of the molecule is COCCNCC(=O)NC(C)c1cc(OC)c(OC)cc1C. The summed E-state index contributed by atoms with van der Waals surface area (Å²) >= 11 is 0. The molecule has 1 aromatic carbocycles. The fourth-order valence-electron chi connectivity index (χ4n) is 2.21. The van der Waals surface area contributed by atoms with E-state index < -0.39 is 0 Å². The van der Waals surface area contributed by atoms with E-state index in [1.165, 1.54) is 0 Å². The Balaban J connectivity index is 2.68. The number of amides is 1. The van der Waals surface area contributed by atoms with Gasteiger partial charge >= 0.3 is 0 Å². The lowest BCUT2D eigenvalue weighted by molar-refractivity contribution is -0.120. The molecule has 1 aromatic rings. The highest BCUT2D eigenvalue weighted by molar-refractivity contribution is 5.78. The molecule has 2 N–H and O–H groups in total. The highest BCUT2D eigenvalue weighted by Crippen LogP contribution is 2.32. The van der Waals surface area contributed by atoms with E-state index in [0.717, 1.165) is 11.1 Å². The highest BCUT2D eigenvalue weighted by atomic mass is 16.5. The molecule has 124 valence electrons. The zero-order valence-electron chi connectivity index (χ0n) is 14.0. The summed E-state index contributed by atoms with van der Waals surface area (Å²) in [5.74, 6) is 1.28. The Morgan fingerprint density at radius 3 is 2.41 bits per heavy atom. The van der Waals surface area contributed by atoms with Gasteiger partial charge in [-0.25, -0.2) is 0 Å². The van der Waals surface area contributed by atoms with Gasteiger partial charge in [0.15, 0.2) is 11.5 Å². The molecule has 0 aliphatic rings. The van der Waals surface area contributed by atoms with Crippen LogP contribution in [0.15, 0.2) is 12.1 Å². The van der Waals surface area contributed by atoms with Gasteiger partial charge in [0.2, 0.25) is 5.91 Å². The maximum Gasteiger partial charge on any atom is 0.234 e. The number of ether oxygens (including phenoxy) is 3. The topological polar surface area (TPSA) is 68.8 Å². The molecular formula is C16H26N2O4. The first-order chi connectivity index (χ1) is 10.5. The van der Waals surface area contributed by atoms with Crippen molar-refractivity contribution in [1.29, 1.82) is 0 Å². The van der Waals surface area contributed by atoms with Crippen LogP contribution in [0.1, 0.15) is 24.1 Å². The zero-order valence-corrected chi connectivity index (χ0v) is 14.0. The first-order valence-electron chi connectivity index (χ1n) is 7.25. The number of carbonyl (C=O) groups excluding carboxylic acids is 1. The summed E-state index contributed by atoms with van der Waals surface area (Å²) in [4.78, 5) is 11.9. The molecule has 1 unspecified atom stereocenters. The van der Waals surface area contributed by atoms with Gasteiger partial charge in [0.25, 0.3) is 0 Å². The van der Waals surface area contributed by atoms with Crippen LogP contribution < -0.4 is 20.1 Å². The number of hydrogen-bond acceptors (Lipinski definition) is 5. The fraction of sp³-hybridized carbons (Fsp3) is 0.562. The van der Waals surface area contributed by atoms with Gasteiger partial charge in [-0.3, -0.25) is 4.79 Å². The molecule has 6 heteroatoms. The Labute approximate surface area is 132 Å². The van der Waals surface area contributed by atoms with Gasteiger partial charge in [-0.2, -0.15) is 0 Å². The van der Waals surface area contributed by atoms with Gasteiger partial charge in [-0.05, 0) is 37.1 Å². The molecule has 0 spiro atoms. The molecule has 0 heterocycles. The predicted octanol–water partition coefficient (Wildman–Crippen LogP) is 1.43. The van der Waals surface area contributed by atoms with Gasteiger partial charge in [-0.15, -0.1) is 0 Å². The molecule has 1 amide bonds. The Bertz CT molecular complexity index is 491. The lowest BCUT2D eigenvalue weighted by Gasteiger charge is -2.19. The average molecular weight is 310 g/mol. The number of hydrogen-bond donors (Lipinski definition) is 2. The minimum Gasteiger partial charge on any atom is -0.493 e. The Morgan fingerprint density at radius 2 is 1.82 bits per heavy atom. The molecule has 6 nitrogen and oxygen atoms in total. The monoisotopic (exact) mass is 310 g/mol. The number of benzene rings is 1. The lowest BCUT2D eigenvalue weighted by atomic mass is 10.0. The molecule has 1 atom stereocenters. The van der Waals surface area contributed by atoms with Crippen LogP contribution in [0.2, 0.25) is 0 Å². The molecule has 0 radical (unpaired) electrons. The van der Waals surface area contributed by atoms with E-state index in [1.54, 1.807) is 21.3 Å². The van der Waals surface area contributed by atoms with Crippen LogP contribution in [-0.4, -0.2) is 46.9 Å². The minimum atomic E-state index is -0.114. The Morgan fingerprint density at radius 1 is 1.18 bits per heavy atom. The fourth-order valence-corrected chi connectivity index (χ4v) is 2.21. The first-order valence-corrected chi connectivity index (χ1v) is 7.25. The molecule has 22 heavy (non-hydrogen) atoms. The summed E-state index contributed by atoms with van der Waals surface area (Å²) in [6.07, 6.45) is 0. The normalized spacial score (nSPS) is 11.9. The largest absolute Gasteiger partial charge is 0.493 e. The summed E-state index contributed by atoms with van der Waals surface area (Å²) < 4.78 is 15.5. The van der Waals surface area contributed by atoms with Crippen LogP contribution >= 0.6 is 0 Å². The first kappa shape index (κ1) is 18.3. The lowest BCUT2D eigenvalue weighted by Crippen LogP contribution is -2.36. The van der Waals surface area contributed by atoms with Gasteiger partial charge in [-0.1, -0.05) is 0 Å². The summed E-state index contributed by atoms with van der Waals surface area (Å²) in [5.41, 5.74) is 2.04. The van der Waals surface area contributed by atoms with Crippen LogP contribution in [0.4, 0.5) is 0 Å². The van der Waals surface area contributed by atoms with Crippen molar-refractivity contribution < 1.29 is 19.0 Å². The van der Waals surface area contributed by atoms with Crippen LogP contribution in [0, 0.1) is 6.92 Å². The van der Waals surface area contributed by atoms with E-state index in [9.17, 15) is 4.79 Å². The molecule has 0 saturated heterocycles. The van der Waals surface area contributed by atoms with E-state index in [2.05, 4.69) is 10.6 Å². The van der Waals surface area contributed by atoms with Crippen molar-refractivity contribution in [3.8, 4) is 11.5 Å². The summed E-state index contributed by atoms with van der Waals surface area (Å²) in [6, 6.07) is 3.70. The second-order valence-corrected chi connectivity index (χ2v) is 5.02. The van der Waals surface area contributed by atoms with Gasteiger partial charge in [0, 0.05) is 13.7 Å². The van der Waals surface area contributed by atoms with E-state index in [-0.39, 0.29) is 18.5 Å². The highest BCUT2D eigenvalue weighted by Gasteiger charge is 2.15. The van der Waals surface area contributed by atoms with Crippen molar-refractivity contribution in [2.24, 2.45) is 0 Å². The molecule has 0 saturated carbocycles. The molecule has 0 aliphatic carbocycles. The number of aryl methyl sites for hydroxylation is 1. The molecule has 0 bridgehead atoms. The standard InChI is InChI=1S/C16H26N2O4/c1-11-8-14(21-4)15(22-5)9-13(11)12(2)18-16(19)10-17-6-7-20-3/h8-9,12,17H,6-7,10H2,1-5H3,(H,18,19). The molecule has 0 aliphatic heterocycles. The summed E-state index contributed by atoms with van der Waals surface area (Å²) in [7, 11) is 4.83. The smallest absolute Gasteiger partial charge is 0.234 e. The maximum atomic E-state index is 11.9. The van der Waals surface area contributed by atoms with Gasteiger partial charge in [0.05, 0.1) is 33.4 Å². The van der Waals surface area contributed by atoms with Gasteiger partial charge < -0.3 is 24.8 Å². The predicted molar refractivity (Wildman–Crippen MR) is 85.6 cm³/mol. The third-order valence-corrected chi connectivity index (χ3v) is 3.38. The average Bonchev–Trinajstić information content (AvgIpc) is 2.51. The van der Waals surface area contributed by atoms with Crippen molar-refractivity contribution in [1.82, 2.24) is 10.6 Å². The number of rotatable bonds is 9. The van der Waals surface area contributed by atoms with Gasteiger partial charge in [0.1, 0.15) is 0 Å². The third-order valence-electron chi connectivity index (χ3n) is 3.38. The van der Waals surface area contributed by atoms with E-state index in [4.69, 9.17) is 14.2 Å². The second-order valence-electron chi connectivity index (χ2n) is 5.02. The molecule has 1 rings (SSSR count). The van der Waals surface area contributed by atoms with Crippen molar-refractivity contribution in [3.05, 3.63) is 23.3 Å². The van der Waals surface area contributed by atoms with Crippen LogP contribution in [0.5, 0.6) is 11.5 Å². The number of methoxy groups -OCH3 is 3. The third kappa shape index (κ3) is 5.20. The Hall–Kier alpha value is -1.79. The van der Waals surface area contributed by atoms with Crippen molar-refractivity contribution >= 4 is 5.91 Å². The van der Waals surface area contributed by atoms with Crippen molar-refractivity contribution in [3.63, 3.8) is 0 Å². The van der Waals surface area contributed by atoms with E-state index >= 15 is 0 Å². The molecule has 0 fully saturated rings. The van der Waals surface area contributed by atoms with Crippen molar-refractivity contribution in [2.45, 2.75) is 19.9 Å². The maximum absolute atomic E-state index is 11.9. The molecule has 0 aromatic heterocycles. The second kappa shape index (κ2) is 9.27. The number of nitrogens with one attached hydrogen (secondary N) is 2. The minimum absolute atomic E-state index is 0.0576. The van der Waals surface area contributed by atoms with Crippen LogP contribution in [-0.2, 0) is 9.53 Å².